The summed E-state index contributed by atoms with van der Waals surface area (Å²) in [5.41, 5.74) is 0.800. The van der Waals surface area contributed by atoms with E-state index in [9.17, 15) is 8.42 Å². The molecular weight excluding hydrogens is 308 g/mol. The van der Waals surface area contributed by atoms with Gasteiger partial charge in [0.25, 0.3) is 0 Å². The molecule has 5 nitrogen and oxygen atoms in total. The Morgan fingerprint density at radius 2 is 2.10 bits per heavy atom. The van der Waals surface area contributed by atoms with Crippen molar-refractivity contribution in [2.24, 2.45) is 0 Å². The number of ether oxygens (including phenoxy) is 1. The molecule has 1 aliphatic rings. The van der Waals surface area contributed by atoms with E-state index < -0.39 is 10.0 Å². The number of hydrogen-bond donors (Lipinski definition) is 2. The highest BCUT2D eigenvalue weighted by Gasteiger charge is 2.22. The summed E-state index contributed by atoms with van der Waals surface area (Å²) in [6, 6.07) is 0. The second-order valence-electron chi connectivity index (χ2n) is 5.38. The highest BCUT2D eigenvalue weighted by atomic mass is 32.2. The van der Waals surface area contributed by atoms with Gasteiger partial charge < -0.3 is 10.1 Å². The molecule has 0 saturated heterocycles. The Labute approximate surface area is 131 Å². The van der Waals surface area contributed by atoms with Crippen LogP contribution in [0.5, 0.6) is 0 Å². The molecule has 1 aromatic rings. The van der Waals surface area contributed by atoms with Gasteiger partial charge in [-0.15, -0.1) is 11.3 Å². The number of rotatable bonds is 8. The van der Waals surface area contributed by atoms with Crippen LogP contribution >= 0.6 is 11.3 Å². The topological polar surface area (TPSA) is 67.4 Å². The molecule has 120 valence electrons. The fraction of sp³-hybridized carbons (Fsp3) is 0.714. The molecule has 0 spiro atoms. The maximum atomic E-state index is 12.4. The Morgan fingerprint density at radius 1 is 1.38 bits per heavy atom. The van der Waals surface area contributed by atoms with E-state index in [-0.39, 0.29) is 0 Å². The molecule has 0 bridgehead atoms. The fourth-order valence-corrected chi connectivity index (χ4v) is 5.49. The van der Waals surface area contributed by atoms with Gasteiger partial charge in [-0.1, -0.05) is 12.8 Å². The lowest BCUT2D eigenvalue weighted by atomic mass is 10.3. The van der Waals surface area contributed by atoms with Gasteiger partial charge in [0.05, 0.1) is 12.7 Å². The van der Waals surface area contributed by atoms with Gasteiger partial charge in [0.15, 0.2) is 0 Å². The minimum atomic E-state index is -3.46. The lowest BCUT2D eigenvalue weighted by molar-refractivity contribution is 0.0626. The molecule has 1 saturated carbocycles. The van der Waals surface area contributed by atoms with Crippen molar-refractivity contribution in [3.05, 3.63) is 15.8 Å². The van der Waals surface area contributed by atoms with E-state index in [4.69, 9.17) is 4.74 Å². The molecule has 0 radical (unpaired) electrons. The van der Waals surface area contributed by atoms with Crippen LogP contribution < -0.4 is 10.0 Å². The third kappa shape index (κ3) is 4.50. The van der Waals surface area contributed by atoms with Crippen LogP contribution in [0.4, 0.5) is 0 Å². The van der Waals surface area contributed by atoms with Gasteiger partial charge in [-0.3, -0.25) is 0 Å². The van der Waals surface area contributed by atoms with Crippen LogP contribution in [0.2, 0.25) is 0 Å². The van der Waals surface area contributed by atoms with Gasteiger partial charge in [-0.2, -0.15) is 0 Å². The maximum absolute atomic E-state index is 12.4. The first-order chi connectivity index (χ1) is 10.0. The number of nitrogens with one attached hydrogen (secondary N) is 2. The van der Waals surface area contributed by atoms with Crippen molar-refractivity contribution < 1.29 is 13.2 Å². The number of aryl methyl sites for hydroxylation is 1. The molecule has 2 rings (SSSR count). The van der Waals surface area contributed by atoms with Crippen LogP contribution in [0, 0.1) is 6.92 Å². The first-order valence-corrected chi connectivity index (χ1v) is 9.73. The lowest BCUT2D eigenvalue weighted by Crippen LogP contribution is -2.29. The van der Waals surface area contributed by atoms with Crippen LogP contribution in [-0.4, -0.2) is 34.7 Å². The SMILES string of the molecule is CNCc1scc(C)c1S(=O)(=O)NCCOC1CCCC1. The summed E-state index contributed by atoms with van der Waals surface area (Å²) in [4.78, 5) is 1.27. The van der Waals surface area contributed by atoms with Crippen LogP contribution in [0.1, 0.15) is 36.1 Å². The Balaban J connectivity index is 1.90. The molecule has 1 fully saturated rings. The Hall–Kier alpha value is -0.470. The van der Waals surface area contributed by atoms with Crippen molar-refractivity contribution in [2.45, 2.75) is 50.2 Å². The van der Waals surface area contributed by atoms with E-state index in [1.807, 2.05) is 19.4 Å². The van der Waals surface area contributed by atoms with Crippen molar-refractivity contribution in [3.63, 3.8) is 0 Å². The second kappa shape index (κ2) is 7.69. The maximum Gasteiger partial charge on any atom is 0.242 e. The molecule has 2 N–H and O–H groups in total. The van der Waals surface area contributed by atoms with E-state index in [0.29, 0.717) is 30.7 Å². The number of sulfonamides is 1. The monoisotopic (exact) mass is 332 g/mol. The zero-order valence-corrected chi connectivity index (χ0v) is 14.3. The average molecular weight is 332 g/mol. The third-order valence-corrected chi connectivity index (χ3v) is 6.57. The molecular formula is C14H24N2O3S2. The minimum absolute atomic E-state index is 0.317. The van der Waals surface area contributed by atoms with E-state index in [1.54, 1.807) is 0 Å². The standard InChI is InChI=1S/C14H24N2O3S2/c1-11-10-20-13(9-15-2)14(11)21(17,18)16-7-8-19-12-5-3-4-6-12/h10,12,15-16H,3-9H2,1-2H3. The number of hydrogen-bond acceptors (Lipinski definition) is 5. The van der Waals surface area contributed by atoms with E-state index in [1.165, 1.54) is 24.2 Å². The van der Waals surface area contributed by atoms with Crippen molar-refractivity contribution in [3.8, 4) is 0 Å². The van der Waals surface area contributed by atoms with Crippen molar-refractivity contribution in [1.82, 2.24) is 10.0 Å². The minimum Gasteiger partial charge on any atom is -0.377 e. The molecule has 21 heavy (non-hydrogen) atoms. The van der Waals surface area contributed by atoms with E-state index in [2.05, 4.69) is 10.0 Å². The first-order valence-electron chi connectivity index (χ1n) is 7.37. The quantitative estimate of drug-likeness (QED) is 0.715. The van der Waals surface area contributed by atoms with Gasteiger partial charge in [0, 0.05) is 18.0 Å². The van der Waals surface area contributed by atoms with Gasteiger partial charge in [-0.25, -0.2) is 13.1 Å². The lowest BCUT2D eigenvalue weighted by Gasteiger charge is -2.12. The largest absolute Gasteiger partial charge is 0.377 e. The summed E-state index contributed by atoms with van der Waals surface area (Å²) in [5, 5.41) is 4.89. The van der Waals surface area contributed by atoms with E-state index >= 15 is 0 Å². The molecule has 0 amide bonds. The van der Waals surface area contributed by atoms with Gasteiger partial charge >= 0.3 is 0 Å². The Morgan fingerprint density at radius 3 is 2.76 bits per heavy atom. The molecule has 0 unspecified atom stereocenters. The summed E-state index contributed by atoms with van der Waals surface area (Å²) < 4.78 is 33.2. The molecule has 0 atom stereocenters. The smallest absolute Gasteiger partial charge is 0.242 e. The average Bonchev–Trinajstić information content (AvgIpc) is 3.05. The molecule has 1 aliphatic carbocycles. The molecule has 1 aromatic heterocycles. The summed E-state index contributed by atoms with van der Waals surface area (Å²) in [6.07, 6.45) is 4.96. The Bertz CT molecular complexity index is 549. The highest BCUT2D eigenvalue weighted by molar-refractivity contribution is 7.89. The number of thiophene rings is 1. The fourth-order valence-electron chi connectivity index (χ4n) is 2.66. The summed E-state index contributed by atoms with van der Waals surface area (Å²) in [5.74, 6) is 0. The zero-order chi connectivity index (χ0) is 15.3. The summed E-state index contributed by atoms with van der Waals surface area (Å²) in [6.45, 7) is 3.16. The van der Waals surface area contributed by atoms with Gasteiger partial charge in [0.1, 0.15) is 4.90 Å². The van der Waals surface area contributed by atoms with Crippen LogP contribution in [0.15, 0.2) is 10.3 Å². The highest BCUT2D eigenvalue weighted by Crippen LogP contribution is 2.26. The zero-order valence-electron chi connectivity index (χ0n) is 12.6. The van der Waals surface area contributed by atoms with Crippen LogP contribution in [0.3, 0.4) is 0 Å². The third-order valence-electron chi connectivity index (χ3n) is 3.65. The van der Waals surface area contributed by atoms with Crippen molar-refractivity contribution >= 4 is 21.4 Å². The predicted octanol–water partition coefficient (Wildman–Crippen LogP) is 2.01. The molecule has 7 heteroatoms. The first kappa shape index (κ1) is 16.9. The van der Waals surface area contributed by atoms with Crippen molar-refractivity contribution in [1.29, 1.82) is 0 Å². The summed E-state index contributed by atoms with van der Waals surface area (Å²) in [7, 11) is -1.64. The van der Waals surface area contributed by atoms with Gasteiger partial charge in [0.2, 0.25) is 10.0 Å². The molecule has 0 aromatic carbocycles. The normalized spacial score (nSPS) is 16.7. The van der Waals surface area contributed by atoms with Crippen molar-refractivity contribution in [2.75, 3.05) is 20.2 Å². The molecule has 0 aliphatic heterocycles. The second-order valence-corrected chi connectivity index (χ2v) is 8.04. The molecule has 1 heterocycles. The van der Waals surface area contributed by atoms with E-state index in [0.717, 1.165) is 23.3 Å². The van der Waals surface area contributed by atoms with Crippen LogP contribution in [0.25, 0.3) is 0 Å². The Kier molecular flexibility index (Phi) is 6.19. The summed E-state index contributed by atoms with van der Waals surface area (Å²) >= 11 is 1.47. The van der Waals surface area contributed by atoms with Crippen LogP contribution in [-0.2, 0) is 21.3 Å². The predicted molar refractivity (Wildman–Crippen MR) is 85.2 cm³/mol. The van der Waals surface area contributed by atoms with Gasteiger partial charge in [-0.05, 0) is 37.8 Å².